The summed E-state index contributed by atoms with van der Waals surface area (Å²) in [6.07, 6.45) is 1.55. The summed E-state index contributed by atoms with van der Waals surface area (Å²) < 4.78 is 27.7. The summed E-state index contributed by atoms with van der Waals surface area (Å²) in [4.78, 5) is 15.3. The number of halogens is 2. The van der Waals surface area contributed by atoms with Crippen LogP contribution in [-0.2, 0) is 0 Å². The highest BCUT2D eigenvalue weighted by Crippen LogP contribution is 2.28. The molecule has 0 bridgehead atoms. The van der Waals surface area contributed by atoms with E-state index in [2.05, 4.69) is 4.98 Å². The summed E-state index contributed by atoms with van der Waals surface area (Å²) in [7, 11) is 0. The number of carboxylic acids is 1. The molecule has 1 aromatic carbocycles. The number of nitrogen functional groups attached to an aromatic ring is 1. The van der Waals surface area contributed by atoms with Crippen molar-refractivity contribution in [2.45, 2.75) is 0 Å². The fraction of sp³-hybridized carbons (Fsp3) is 0. The van der Waals surface area contributed by atoms with Gasteiger partial charge in [0.2, 0.25) is 0 Å². The number of carboxylic acid groups (broad SMARTS) is 1. The first-order valence-electron chi connectivity index (χ1n) is 5.94. The summed E-state index contributed by atoms with van der Waals surface area (Å²) >= 11 is 0. The van der Waals surface area contributed by atoms with Gasteiger partial charge >= 0.3 is 5.97 Å². The third kappa shape index (κ3) is 1.99. The number of carbonyl (C=O) groups is 1. The predicted molar refractivity (Wildman–Crippen MR) is 71.9 cm³/mol. The van der Waals surface area contributed by atoms with Crippen molar-refractivity contribution in [3.8, 4) is 11.3 Å². The van der Waals surface area contributed by atoms with Crippen LogP contribution in [0.1, 0.15) is 10.4 Å². The van der Waals surface area contributed by atoms with Crippen LogP contribution in [0.2, 0.25) is 0 Å². The Morgan fingerprint density at radius 1 is 1.24 bits per heavy atom. The van der Waals surface area contributed by atoms with Crippen molar-refractivity contribution in [2.75, 3.05) is 5.73 Å². The van der Waals surface area contributed by atoms with Gasteiger partial charge in [-0.3, -0.25) is 4.40 Å². The second kappa shape index (κ2) is 4.55. The second-order valence-corrected chi connectivity index (χ2v) is 4.40. The lowest BCUT2D eigenvalue weighted by molar-refractivity contribution is 0.0698. The number of fused-ring (bicyclic) bond motifs is 1. The number of imidazole rings is 1. The number of benzene rings is 1. The molecule has 0 aliphatic heterocycles. The van der Waals surface area contributed by atoms with Crippen LogP contribution in [0.15, 0.2) is 36.5 Å². The highest BCUT2D eigenvalue weighted by molar-refractivity contribution is 5.95. The minimum absolute atomic E-state index is 0.0296. The first kappa shape index (κ1) is 13.0. The van der Waals surface area contributed by atoms with Crippen LogP contribution in [0.3, 0.4) is 0 Å². The smallest absolute Gasteiger partial charge is 0.339 e. The summed E-state index contributed by atoms with van der Waals surface area (Å²) in [6, 6.07) is 6.17. The van der Waals surface area contributed by atoms with E-state index in [1.54, 1.807) is 6.20 Å². The molecule has 5 nitrogen and oxygen atoms in total. The quantitative estimate of drug-likeness (QED) is 0.759. The van der Waals surface area contributed by atoms with E-state index in [0.29, 0.717) is 0 Å². The summed E-state index contributed by atoms with van der Waals surface area (Å²) in [5.74, 6) is -3.00. The van der Waals surface area contributed by atoms with Crippen LogP contribution < -0.4 is 5.73 Å². The molecule has 0 radical (unpaired) electrons. The normalized spacial score (nSPS) is 11.0. The number of hydrogen-bond donors (Lipinski definition) is 2. The van der Waals surface area contributed by atoms with E-state index in [4.69, 9.17) is 10.8 Å². The van der Waals surface area contributed by atoms with E-state index in [1.807, 2.05) is 0 Å². The van der Waals surface area contributed by atoms with Gasteiger partial charge in [0, 0.05) is 11.8 Å². The largest absolute Gasteiger partial charge is 0.478 e. The van der Waals surface area contributed by atoms with E-state index in [0.717, 1.165) is 12.1 Å². The van der Waals surface area contributed by atoms with Crippen molar-refractivity contribution in [1.29, 1.82) is 0 Å². The van der Waals surface area contributed by atoms with Crippen LogP contribution in [0, 0.1) is 11.6 Å². The molecule has 2 heterocycles. The monoisotopic (exact) mass is 289 g/mol. The fourth-order valence-electron chi connectivity index (χ4n) is 2.11. The molecule has 2 aromatic heterocycles. The molecule has 0 aliphatic rings. The second-order valence-electron chi connectivity index (χ2n) is 4.40. The Labute approximate surface area is 117 Å². The third-order valence-electron chi connectivity index (χ3n) is 3.11. The Bertz CT molecular complexity index is 874. The topological polar surface area (TPSA) is 80.6 Å². The highest BCUT2D eigenvalue weighted by Gasteiger charge is 2.17. The number of aromatic carboxylic acids is 1. The van der Waals surface area contributed by atoms with Gasteiger partial charge in [0.25, 0.3) is 0 Å². The summed E-state index contributed by atoms with van der Waals surface area (Å²) in [5.41, 5.74) is 6.50. The number of nitrogens with two attached hydrogens (primary N) is 1. The van der Waals surface area contributed by atoms with Crippen molar-refractivity contribution >= 4 is 17.4 Å². The molecule has 0 saturated carbocycles. The minimum Gasteiger partial charge on any atom is -0.478 e. The zero-order chi connectivity index (χ0) is 15.1. The predicted octanol–water partition coefficient (Wildman–Crippen LogP) is 2.56. The van der Waals surface area contributed by atoms with Crippen molar-refractivity contribution in [3.63, 3.8) is 0 Å². The van der Waals surface area contributed by atoms with Gasteiger partial charge in [-0.2, -0.15) is 0 Å². The first-order chi connectivity index (χ1) is 9.99. The van der Waals surface area contributed by atoms with Crippen LogP contribution in [0.5, 0.6) is 0 Å². The number of nitrogens with zero attached hydrogens (tertiary/aromatic N) is 2. The fourth-order valence-corrected chi connectivity index (χ4v) is 2.11. The van der Waals surface area contributed by atoms with Crippen molar-refractivity contribution in [2.24, 2.45) is 0 Å². The third-order valence-corrected chi connectivity index (χ3v) is 3.11. The Balaban J connectivity index is 2.29. The van der Waals surface area contributed by atoms with Crippen molar-refractivity contribution in [3.05, 3.63) is 53.7 Å². The molecular formula is C14H9F2N3O2. The standard InChI is InChI=1S/C14H9F2N3O2/c15-9-4-3-7(6-10(9)16)11-12(17)19-5-1-2-8(14(20)21)13(19)18-11/h1-6H,17H2,(H,20,21). The molecule has 0 amide bonds. The average molecular weight is 289 g/mol. The van der Waals surface area contributed by atoms with Gasteiger partial charge in [-0.25, -0.2) is 18.6 Å². The lowest BCUT2D eigenvalue weighted by Gasteiger charge is -2.00. The number of rotatable bonds is 2. The van der Waals surface area contributed by atoms with Crippen LogP contribution in [0.25, 0.3) is 16.9 Å². The van der Waals surface area contributed by atoms with Gasteiger partial charge in [-0.15, -0.1) is 0 Å². The maximum atomic E-state index is 13.3. The summed E-state index contributed by atoms with van der Waals surface area (Å²) in [6.45, 7) is 0. The van der Waals surface area contributed by atoms with E-state index in [1.165, 1.54) is 22.6 Å². The zero-order valence-electron chi connectivity index (χ0n) is 10.5. The maximum Gasteiger partial charge on any atom is 0.339 e. The van der Waals surface area contributed by atoms with E-state index in [9.17, 15) is 13.6 Å². The van der Waals surface area contributed by atoms with Gasteiger partial charge < -0.3 is 10.8 Å². The van der Waals surface area contributed by atoms with Gasteiger partial charge in [0.15, 0.2) is 17.3 Å². The van der Waals surface area contributed by atoms with Gasteiger partial charge in [-0.05, 0) is 30.3 Å². The molecule has 3 N–H and O–H groups in total. The Hall–Kier alpha value is -2.96. The van der Waals surface area contributed by atoms with Crippen LogP contribution in [0.4, 0.5) is 14.6 Å². The van der Waals surface area contributed by atoms with Gasteiger partial charge in [-0.1, -0.05) is 0 Å². The number of aromatic nitrogens is 2. The molecule has 21 heavy (non-hydrogen) atoms. The zero-order valence-corrected chi connectivity index (χ0v) is 10.5. The van der Waals surface area contributed by atoms with Crippen molar-refractivity contribution in [1.82, 2.24) is 9.38 Å². The molecule has 0 atom stereocenters. The first-order valence-corrected chi connectivity index (χ1v) is 5.94. The molecular weight excluding hydrogens is 280 g/mol. The van der Waals surface area contributed by atoms with E-state index in [-0.39, 0.29) is 28.3 Å². The molecule has 0 fully saturated rings. The van der Waals surface area contributed by atoms with Gasteiger partial charge in [0.05, 0.1) is 0 Å². The van der Waals surface area contributed by atoms with Crippen LogP contribution >= 0.6 is 0 Å². The van der Waals surface area contributed by atoms with Gasteiger partial charge in [0.1, 0.15) is 17.1 Å². The molecule has 0 aliphatic carbocycles. The Morgan fingerprint density at radius 3 is 2.67 bits per heavy atom. The lowest BCUT2D eigenvalue weighted by Crippen LogP contribution is -2.01. The number of hydrogen-bond acceptors (Lipinski definition) is 3. The maximum absolute atomic E-state index is 13.3. The molecule has 3 rings (SSSR count). The molecule has 3 aromatic rings. The number of pyridine rings is 1. The average Bonchev–Trinajstić information content (AvgIpc) is 2.79. The molecule has 7 heteroatoms. The Kier molecular flexibility index (Phi) is 2.83. The Morgan fingerprint density at radius 2 is 2.00 bits per heavy atom. The van der Waals surface area contributed by atoms with E-state index >= 15 is 0 Å². The van der Waals surface area contributed by atoms with E-state index < -0.39 is 17.6 Å². The summed E-state index contributed by atoms with van der Waals surface area (Å²) in [5, 5.41) is 9.13. The van der Waals surface area contributed by atoms with Crippen LogP contribution in [-0.4, -0.2) is 20.5 Å². The minimum atomic E-state index is -1.15. The highest BCUT2D eigenvalue weighted by atomic mass is 19.2. The molecule has 0 spiro atoms. The lowest BCUT2D eigenvalue weighted by atomic mass is 10.1. The number of anilines is 1. The molecule has 0 saturated heterocycles. The SMILES string of the molecule is Nc1c(-c2ccc(F)c(F)c2)nc2c(C(=O)O)cccn12. The molecule has 106 valence electrons. The van der Waals surface area contributed by atoms with Crippen molar-refractivity contribution < 1.29 is 18.7 Å². The molecule has 0 unspecified atom stereocenters.